The molecule has 0 saturated heterocycles. The molecule has 0 heterocycles. The summed E-state index contributed by atoms with van der Waals surface area (Å²) in [5, 5.41) is 0. The zero-order valence-corrected chi connectivity index (χ0v) is 34.1. The number of hydrogen-bond donors (Lipinski definition) is 9. The zero-order chi connectivity index (χ0) is 45.1. The van der Waals surface area contributed by atoms with Gasteiger partial charge in [-0.1, -0.05) is 23.9 Å². The smallest absolute Gasteiger partial charge is 0.309 e. The first-order chi connectivity index (χ1) is 23.1. The molecule has 0 spiro atoms. The molecular weight excluding hydrogens is 1000 g/mol. The molecule has 0 saturated carbocycles. The largest absolute Gasteiger partial charge is 0.490 e. The molecule has 24 nitrogen and oxygen atoms in total. The first-order valence-electron chi connectivity index (χ1n) is 10.9. The van der Waals surface area contributed by atoms with Crippen LogP contribution in [0.15, 0.2) is 12.7 Å². The van der Waals surface area contributed by atoms with Crippen LogP contribution in [0.5, 0.6) is 0 Å². The lowest BCUT2D eigenvalue weighted by atomic mass is 10.5. The minimum absolute atomic E-state index is 0.0694. The van der Waals surface area contributed by atoms with Crippen molar-refractivity contribution in [1.29, 1.82) is 0 Å². The second-order valence-corrected chi connectivity index (χ2v) is 21.6. The summed E-state index contributed by atoms with van der Waals surface area (Å²) in [6.45, 7) is 4.63. The molecule has 0 bridgehead atoms. The van der Waals surface area contributed by atoms with Gasteiger partial charge in [0.2, 0.25) is 0 Å². The van der Waals surface area contributed by atoms with E-state index >= 15 is 0 Å². The Morgan fingerprint density at radius 2 is 0.944 bits per heavy atom. The third-order valence-electron chi connectivity index (χ3n) is 2.19. The lowest BCUT2D eigenvalue weighted by Crippen LogP contribution is -2.23. The van der Waals surface area contributed by atoms with Crippen molar-refractivity contribution >= 4 is 83.5 Å². The first-order valence-corrected chi connectivity index (χ1v) is 25.9. The van der Waals surface area contributed by atoms with Crippen molar-refractivity contribution in [3.8, 4) is 12.3 Å². The molecule has 0 amide bonds. The standard InChI is InChI=1S/C3H9F2NO4P2.C3H7F2NO4P2.C3H5F2NO4P2.F3H2NO3P2.F2HNO4S2/c1-3(2)10-12(5,9)6-11(4,7)8;2*1-2-3-10-12(5,9)6-11(4,7)8;1-8(2,5)4-9(3,6)7;1-8(4,5)3-9(2,6)7/h3H,1-2H3,(H2,6,7,8,9);2H,1,3H2,(H2,6,7,8,9);1H,3H2,(H2,6,7,8,9);(H2,4,5,6,7);3H. The average Bonchev–Trinajstić information content (AvgIpc) is 2.72. The van der Waals surface area contributed by atoms with E-state index in [4.69, 9.17) is 19.6 Å². The van der Waals surface area contributed by atoms with Gasteiger partial charge in [0.05, 0.1) is 12.7 Å². The Balaban J connectivity index is -0.000000186. The van der Waals surface area contributed by atoms with Gasteiger partial charge in [0.15, 0.2) is 0 Å². The van der Waals surface area contributed by atoms with Crippen molar-refractivity contribution in [3.05, 3.63) is 12.7 Å². The van der Waals surface area contributed by atoms with E-state index in [1.54, 1.807) is 5.92 Å². The fourth-order valence-corrected chi connectivity index (χ4v) is 8.69. The molecule has 0 aliphatic carbocycles. The maximum atomic E-state index is 12.5. The van der Waals surface area contributed by atoms with Crippen LogP contribution >= 0.6 is 62.7 Å². The van der Waals surface area contributed by atoms with Gasteiger partial charge >= 0.3 is 83.5 Å². The van der Waals surface area contributed by atoms with Crippen molar-refractivity contribution in [2.75, 3.05) is 13.2 Å². The Kier molecular flexibility index (Phi) is 29.5. The van der Waals surface area contributed by atoms with E-state index in [2.05, 4.69) is 26.6 Å². The lowest BCUT2D eigenvalue weighted by molar-refractivity contribution is 0.219. The first kappa shape index (κ1) is 63.0. The fourth-order valence-electron chi connectivity index (χ4n) is 1.33. The van der Waals surface area contributed by atoms with E-state index in [0.29, 0.717) is 9.72 Å². The highest BCUT2D eigenvalue weighted by molar-refractivity contribution is 7.99. The number of rotatable bonds is 17. The predicted molar refractivity (Wildman–Crippen MR) is 163 cm³/mol. The van der Waals surface area contributed by atoms with Gasteiger partial charge < -0.3 is 19.6 Å². The monoisotopic (exact) mass is 1030 g/mol. The molecule has 0 aromatic heterocycles. The van der Waals surface area contributed by atoms with Gasteiger partial charge in [0, 0.05) is 0 Å². The molecular formula is C9H24F11N5O19P8S2. The van der Waals surface area contributed by atoms with Crippen LogP contribution in [-0.4, -0.2) is 55.7 Å². The quantitative estimate of drug-likeness (QED) is 0.0259. The van der Waals surface area contributed by atoms with Crippen LogP contribution in [0, 0.1) is 12.3 Å². The molecule has 54 heavy (non-hydrogen) atoms. The summed E-state index contributed by atoms with van der Waals surface area (Å²) in [5.41, 5.74) is 0. The number of hydrogen-bond acceptors (Lipinski definition) is 15. The second kappa shape index (κ2) is 25.3. The second-order valence-electron chi connectivity index (χ2n) is 7.48. The van der Waals surface area contributed by atoms with E-state index in [1.807, 2.05) is 0 Å². The van der Waals surface area contributed by atoms with E-state index in [-0.39, 0.29) is 8.99 Å². The molecule has 0 rings (SSSR count). The molecule has 7 unspecified atom stereocenters. The van der Waals surface area contributed by atoms with Crippen molar-refractivity contribution in [2.45, 2.75) is 20.0 Å². The summed E-state index contributed by atoms with van der Waals surface area (Å²) < 4.78 is 256. The molecule has 9 N–H and O–H groups in total. The topological polar surface area (TPSA) is 374 Å². The summed E-state index contributed by atoms with van der Waals surface area (Å²) in [6, 6.07) is 0. The number of halogens is 11. The van der Waals surface area contributed by atoms with Crippen molar-refractivity contribution in [1.82, 2.24) is 23.6 Å². The van der Waals surface area contributed by atoms with Crippen LogP contribution in [0.4, 0.5) is 45.5 Å². The van der Waals surface area contributed by atoms with Gasteiger partial charge in [-0.15, -0.1) is 70.2 Å². The Labute approximate surface area is 297 Å². The Bertz CT molecular complexity index is 1790. The van der Waals surface area contributed by atoms with Crippen molar-refractivity contribution in [3.63, 3.8) is 0 Å². The lowest BCUT2D eigenvalue weighted by Gasteiger charge is -2.12. The molecule has 7 atom stereocenters. The summed E-state index contributed by atoms with van der Waals surface area (Å²) in [4.78, 5) is 33.4. The van der Waals surface area contributed by atoms with Gasteiger partial charge in [-0.3, -0.25) is 13.6 Å². The van der Waals surface area contributed by atoms with E-state index in [9.17, 15) is 98.9 Å². The Morgan fingerprint density at radius 3 is 1.13 bits per heavy atom. The van der Waals surface area contributed by atoms with Gasteiger partial charge in [-0.05, 0) is 13.8 Å². The molecule has 328 valence electrons. The van der Waals surface area contributed by atoms with E-state index in [0.717, 1.165) is 10.9 Å². The van der Waals surface area contributed by atoms with Crippen LogP contribution in [0.1, 0.15) is 13.8 Å². The normalized spacial score (nSPS) is 19.5. The molecule has 0 aliphatic rings. The maximum Gasteiger partial charge on any atom is 0.490 e. The zero-order valence-electron chi connectivity index (χ0n) is 25.3. The molecule has 0 radical (unpaired) electrons. The molecule has 0 fully saturated rings. The molecule has 45 heteroatoms. The summed E-state index contributed by atoms with van der Waals surface area (Å²) in [7, 11) is -53.8. The SMILES string of the molecule is C#CCOP(=O)(F)NP(=O)(O)F.C=CCOP(=O)(F)NP(=O)(O)F.CC(C)OP(=O)(F)NP(=O)(O)F.O=P(O)(F)NP(=O)(F)F.O=S(=O)(F)NS(=O)(=O)F. The number of terminal acetylenes is 1. The summed E-state index contributed by atoms with van der Waals surface area (Å²) in [5.74, 6) is 1.74. The summed E-state index contributed by atoms with van der Waals surface area (Å²) >= 11 is 0. The van der Waals surface area contributed by atoms with E-state index < -0.39 is 103 Å². The third kappa shape index (κ3) is 66.6. The highest BCUT2D eigenvalue weighted by Crippen LogP contribution is 2.58. The molecule has 0 aromatic carbocycles. The Morgan fingerprint density at radius 1 is 0.648 bits per heavy atom. The predicted octanol–water partition coefficient (Wildman–Crippen LogP) is 6.15. The van der Waals surface area contributed by atoms with Crippen molar-refractivity contribution < 1.29 is 132 Å². The molecule has 0 aliphatic heterocycles. The Hall–Kier alpha value is -0.210. The minimum Gasteiger partial charge on any atom is -0.309 e. The van der Waals surface area contributed by atoms with Crippen LogP contribution < -0.4 is 23.6 Å². The fraction of sp³-hybridized carbons (Fsp3) is 0.556. The van der Waals surface area contributed by atoms with Crippen LogP contribution in [0.25, 0.3) is 0 Å². The van der Waals surface area contributed by atoms with Gasteiger partial charge in [-0.2, -0.15) is 16.8 Å². The van der Waals surface area contributed by atoms with Crippen molar-refractivity contribution in [2.24, 2.45) is 0 Å². The maximum absolute atomic E-state index is 12.5. The third-order valence-corrected chi connectivity index (χ3v) is 13.2. The van der Waals surface area contributed by atoms with Gasteiger partial charge in [-0.25, -0.2) is 36.5 Å². The van der Waals surface area contributed by atoms with Gasteiger partial charge in [0.1, 0.15) is 6.61 Å². The highest BCUT2D eigenvalue weighted by Gasteiger charge is 2.35. The highest BCUT2D eigenvalue weighted by atomic mass is 32.3. The summed E-state index contributed by atoms with van der Waals surface area (Å²) in [6.07, 6.45) is 4.86. The van der Waals surface area contributed by atoms with Gasteiger partial charge in [0.25, 0.3) is 0 Å². The molecule has 0 aromatic rings. The van der Waals surface area contributed by atoms with Crippen LogP contribution in [0.3, 0.4) is 0 Å². The minimum atomic E-state index is -5.93. The van der Waals surface area contributed by atoms with E-state index in [1.165, 1.54) is 13.8 Å². The van der Waals surface area contributed by atoms with Crippen LogP contribution in [0.2, 0.25) is 0 Å². The number of nitrogens with one attached hydrogen (secondary N) is 5. The average molecular weight is 1030 g/mol. The van der Waals surface area contributed by atoms with Crippen LogP contribution in [-0.2, 0) is 70.9 Å².